The number of hydrogen-bond acceptors (Lipinski definition) is 4. The van der Waals surface area contributed by atoms with Crippen molar-refractivity contribution >= 4 is 17.7 Å². The van der Waals surface area contributed by atoms with Gasteiger partial charge in [-0.05, 0) is 47.0 Å². The van der Waals surface area contributed by atoms with E-state index in [-0.39, 0.29) is 12.5 Å². The number of carbonyl (C=O) groups excluding carboxylic acids is 2. The fourth-order valence-corrected chi connectivity index (χ4v) is 3.21. The zero-order valence-corrected chi connectivity index (χ0v) is 17.9. The molecule has 1 heterocycles. The second-order valence-electron chi connectivity index (χ2n) is 7.39. The summed E-state index contributed by atoms with van der Waals surface area (Å²) in [4.78, 5) is 28.4. The van der Waals surface area contributed by atoms with E-state index in [1.807, 2.05) is 60.7 Å². The number of nitrogens with zero attached hydrogens (tertiary/aromatic N) is 1. The highest BCUT2D eigenvalue weighted by atomic mass is 16.5. The van der Waals surface area contributed by atoms with Gasteiger partial charge >= 0.3 is 6.09 Å². The Morgan fingerprint density at radius 3 is 2.18 bits per heavy atom. The van der Waals surface area contributed by atoms with Crippen molar-refractivity contribution in [2.45, 2.75) is 13.2 Å². The molecule has 0 radical (unpaired) electrons. The number of hydrogen-bond donors (Lipinski definition) is 2. The summed E-state index contributed by atoms with van der Waals surface area (Å²) in [5.74, 6) is -0.196. The first kappa shape index (κ1) is 21.8. The van der Waals surface area contributed by atoms with E-state index in [0.29, 0.717) is 12.1 Å². The Balaban J connectivity index is 1.26. The normalized spacial score (nSPS) is 10.3. The van der Waals surface area contributed by atoms with Crippen LogP contribution in [-0.2, 0) is 17.9 Å². The minimum absolute atomic E-state index is 0.158. The molecule has 33 heavy (non-hydrogen) atoms. The fraction of sp³-hybridized carbons (Fsp3) is 0.0741. The maximum absolute atomic E-state index is 12.6. The second kappa shape index (κ2) is 10.7. The van der Waals surface area contributed by atoms with E-state index in [2.05, 4.69) is 15.6 Å². The molecule has 2 amide bonds. The van der Waals surface area contributed by atoms with E-state index in [1.54, 1.807) is 42.7 Å². The number of nitrogens with one attached hydrogen (secondary N) is 2. The van der Waals surface area contributed by atoms with Crippen LogP contribution in [0.3, 0.4) is 0 Å². The number of aromatic nitrogens is 1. The van der Waals surface area contributed by atoms with E-state index in [9.17, 15) is 9.59 Å². The summed E-state index contributed by atoms with van der Waals surface area (Å²) in [7, 11) is 0. The van der Waals surface area contributed by atoms with Crippen molar-refractivity contribution in [2.24, 2.45) is 0 Å². The van der Waals surface area contributed by atoms with Crippen LogP contribution in [0, 0.1) is 0 Å². The summed E-state index contributed by atoms with van der Waals surface area (Å²) in [6.07, 6.45) is 2.80. The molecule has 0 unspecified atom stereocenters. The molecule has 0 aliphatic carbocycles. The molecule has 0 bridgehead atoms. The Kier molecular flexibility index (Phi) is 7.08. The average Bonchev–Trinajstić information content (AvgIpc) is 2.88. The van der Waals surface area contributed by atoms with E-state index in [0.717, 1.165) is 27.9 Å². The predicted molar refractivity (Wildman–Crippen MR) is 128 cm³/mol. The van der Waals surface area contributed by atoms with Crippen molar-refractivity contribution < 1.29 is 14.3 Å². The highest BCUT2D eigenvalue weighted by molar-refractivity contribution is 6.04. The van der Waals surface area contributed by atoms with Gasteiger partial charge in [-0.25, -0.2) is 4.79 Å². The topological polar surface area (TPSA) is 80.3 Å². The van der Waals surface area contributed by atoms with E-state index in [1.165, 1.54) is 0 Å². The number of rotatable bonds is 7. The molecule has 1 aromatic heterocycles. The van der Waals surface area contributed by atoms with Gasteiger partial charge in [-0.1, -0.05) is 60.7 Å². The molecule has 0 spiro atoms. The van der Waals surface area contributed by atoms with E-state index in [4.69, 9.17) is 4.74 Å². The molecule has 4 aromatic rings. The van der Waals surface area contributed by atoms with Crippen LogP contribution in [0.1, 0.15) is 21.5 Å². The van der Waals surface area contributed by atoms with Crippen molar-refractivity contribution in [2.75, 3.05) is 5.32 Å². The number of carbonyl (C=O) groups is 2. The molecular weight excluding hydrogens is 414 g/mol. The Morgan fingerprint density at radius 2 is 1.48 bits per heavy atom. The van der Waals surface area contributed by atoms with Gasteiger partial charge in [0.15, 0.2) is 0 Å². The summed E-state index contributed by atoms with van der Waals surface area (Å²) in [5, 5.41) is 5.60. The van der Waals surface area contributed by atoms with Gasteiger partial charge in [0.05, 0.1) is 0 Å². The molecule has 0 saturated heterocycles. The Bertz CT molecular complexity index is 1190. The molecule has 0 aliphatic rings. The Labute approximate surface area is 192 Å². The van der Waals surface area contributed by atoms with Crippen LogP contribution < -0.4 is 10.6 Å². The highest BCUT2D eigenvalue weighted by Crippen LogP contribution is 2.21. The van der Waals surface area contributed by atoms with Crippen molar-refractivity contribution in [1.82, 2.24) is 10.3 Å². The number of amides is 2. The van der Waals surface area contributed by atoms with Crippen LogP contribution in [0.4, 0.5) is 10.5 Å². The standard InChI is InChI=1S/C27H23N3O3/c31-26(30-25-14-12-23(13-15-25)22-6-2-1-3-7-22)24-10-8-20(9-11-24)18-29-27(32)33-19-21-5-4-16-28-17-21/h1-17H,18-19H2,(H,29,32)(H,30,31). The Morgan fingerprint density at radius 1 is 0.758 bits per heavy atom. The zero-order valence-electron chi connectivity index (χ0n) is 17.9. The molecule has 164 valence electrons. The maximum Gasteiger partial charge on any atom is 0.407 e. The quantitative estimate of drug-likeness (QED) is 0.404. The maximum atomic E-state index is 12.6. The lowest BCUT2D eigenvalue weighted by Gasteiger charge is -2.09. The summed E-state index contributed by atoms with van der Waals surface area (Å²) >= 11 is 0. The molecule has 0 aliphatic heterocycles. The van der Waals surface area contributed by atoms with Gasteiger partial charge in [0.1, 0.15) is 6.61 Å². The van der Waals surface area contributed by atoms with Gasteiger partial charge < -0.3 is 15.4 Å². The molecule has 3 aromatic carbocycles. The third kappa shape index (κ3) is 6.27. The third-order valence-corrected chi connectivity index (χ3v) is 5.00. The fourth-order valence-electron chi connectivity index (χ4n) is 3.21. The first-order chi connectivity index (χ1) is 16.2. The summed E-state index contributed by atoms with van der Waals surface area (Å²) in [6.45, 7) is 0.458. The molecule has 6 nitrogen and oxygen atoms in total. The predicted octanol–water partition coefficient (Wildman–Crippen LogP) is 5.43. The number of anilines is 1. The lowest BCUT2D eigenvalue weighted by atomic mass is 10.1. The molecular formula is C27H23N3O3. The van der Waals surface area contributed by atoms with Crippen LogP contribution in [0.2, 0.25) is 0 Å². The minimum Gasteiger partial charge on any atom is -0.445 e. The smallest absolute Gasteiger partial charge is 0.407 e. The molecule has 0 saturated carbocycles. The first-order valence-electron chi connectivity index (χ1n) is 10.5. The van der Waals surface area contributed by atoms with Crippen molar-refractivity contribution in [3.05, 3.63) is 120 Å². The molecule has 2 N–H and O–H groups in total. The number of pyridine rings is 1. The van der Waals surface area contributed by atoms with Crippen molar-refractivity contribution in [1.29, 1.82) is 0 Å². The van der Waals surface area contributed by atoms with E-state index < -0.39 is 6.09 Å². The van der Waals surface area contributed by atoms with Gasteiger partial charge in [-0.2, -0.15) is 0 Å². The van der Waals surface area contributed by atoms with Gasteiger partial charge in [-0.15, -0.1) is 0 Å². The van der Waals surface area contributed by atoms with Crippen molar-refractivity contribution in [3.63, 3.8) is 0 Å². The highest BCUT2D eigenvalue weighted by Gasteiger charge is 2.08. The van der Waals surface area contributed by atoms with Gasteiger partial charge in [0.25, 0.3) is 5.91 Å². The largest absolute Gasteiger partial charge is 0.445 e. The van der Waals surface area contributed by atoms with Crippen LogP contribution in [0.15, 0.2) is 103 Å². The number of benzene rings is 3. The van der Waals surface area contributed by atoms with Crippen LogP contribution in [-0.4, -0.2) is 17.0 Å². The molecule has 6 heteroatoms. The van der Waals surface area contributed by atoms with Crippen LogP contribution >= 0.6 is 0 Å². The van der Waals surface area contributed by atoms with Gasteiger partial charge in [0.2, 0.25) is 0 Å². The Hall–Kier alpha value is -4.45. The second-order valence-corrected chi connectivity index (χ2v) is 7.39. The first-order valence-corrected chi connectivity index (χ1v) is 10.5. The lowest BCUT2D eigenvalue weighted by Crippen LogP contribution is -2.23. The molecule has 4 rings (SSSR count). The molecule has 0 atom stereocenters. The van der Waals surface area contributed by atoms with Crippen molar-refractivity contribution in [3.8, 4) is 11.1 Å². The van der Waals surface area contributed by atoms with Gasteiger partial charge in [0, 0.05) is 35.8 Å². The number of alkyl carbamates (subject to hydrolysis) is 1. The van der Waals surface area contributed by atoms with Crippen LogP contribution in [0.5, 0.6) is 0 Å². The molecule has 0 fully saturated rings. The average molecular weight is 437 g/mol. The minimum atomic E-state index is -0.514. The zero-order chi connectivity index (χ0) is 22.9. The summed E-state index contributed by atoms with van der Waals surface area (Å²) in [6, 6.07) is 28.5. The summed E-state index contributed by atoms with van der Waals surface area (Å²) in [5.41, 5.74) is 5.14. The monoisotopic (exact) mass is 437 g/mol. The van der Waals surface area contributed by atoms with E-state index >= 15 is 0 Å². The third-order valence-electron chi connectivity index (χ3n) is 5.00. The lowest BCUT2D eigenvalue weighted by molar-refractivity contribution is 0.102. The van der Waals surface area contributed by atoms with Gasteiger partial charge in [-0.3, -0.25) is 9.78 Å². The SMILES string of the molecule is O=C(NCc1ccc(C(=O)Nc2ccc(-c3ccccc3)cc2)cc1)OCc1cccnc1. The summed E-state index contributed by atoms with van der Waals surface area (Å²) < 4.78 is 5.16. The number of ether oxygens (including phenoxy) is 1. The van der Waals surface area contributed by atoms with Crippen LogP contribution in [0.25, 0.3) is 11.1 Å².